The Labute approximate surface area is 218 Å². The Kier molecular flexibility index (Phi) is 5.76. The minimum Gasteiger partial charge on any atom is -0.507 e. The van der Waals surface area contributed by atoms with Gasteiger partial charge in [-0.2, -0.15) is 0 Å². The number of phenolic OH excluding ortho intramolecular Hbond substituents is 1. The van der Waals surface area contributed by atoms with Crippen LogP contribution >= 0.6 is 11.6 Å². The SMILES string of the molecule is C=CC(=O)N1CCN2C(=O)c3c(N[C@H]4[C@@H]5CN(C)C[C@@H]54)nc(-c4c(O)cccc4F)c(Cl)c3OC[C@H]2C1. The Hall–Kier alpha value is -3.37. The maximum atomic E-state index is 14.9. The summed E-state index contributed by atoms with van der Waals surface area (Å²) >= 11 is 6.73. The zero-order valence-electron chi connectivity index (χ0n) is 20.3. The van der Waals surface area contributed by atoms with Crippen molar-refractivity contribution in [3.8, 4) is 22.8 Å². The Balaban J connectivity index is 1.43. The van der Waals surface area contributed by atoms with E-state index in [0.29, 0.717) is 31.5 Å². The average molecular weight is 528 g/mol. The largest absolute Gasteiger partial charge is 0.507 e. The van der Waals surface area contributed by atoms with E-state index in [2.05, 4.69) is 28.8 Å². The quantitative estimate of drug-likeness (QED) is 0.589. The van der Waals surface area contributed by atoms with Gasteiger partial charge in [0.05, 0.1) is 11.6 Å². The number of aromatic hydroxyl groups is 1. The number of halogens is 2. The number of aromatic nitrogens is 1. The minimum atomic E-state index is -0.693. The maximum Gasteiger partial charge on any atom is 0.261 e. The maximum absolute atomic E-state index is 14.9. The third kappa shape index (κ3) is 3.90. The van der Waals surface area contributed by atoms with Gasteiger partial charge in [-0.1, -0.05) is 24.2 Å². The molecule has 0 spiro atoms. The molecule has 6 rings (SSSR count). The minimum absolute atomic E-state index is 0.00224. The number of hydrogen-bond acceptors (Lipinski definition) is 7. The fourth-order valence-corrected chi connectivity index (χ4v) is 6.21. The van der Waals surface area contributed by atoms with E-state index in [4.69, 9.17) is 16.3 Å². The molecule has 1 aliphatic carbocycles. The second-order valence-corrected chi connectivity index (χ2v) is 10.5. The molecule has 194 valence electrons. The first kappa shape index (κ1) is 24.0. The number of hydrogen-bond donors (Lipinski definition) is 2. The molecule has 4 aliphatic rings. The molecule has 3 aliphatic heterocycles. The predicted molar refractivity (Wildman–Crippen MR) is 135 cm³/mol. The zero-order valence-corrected chi connectivity index (χ0v) is 21.0. The van der Waals surface area contributed by atoms with Gasteiger partial charge < -0.3 is 29.9 Å². The molecule has 2 aromatic rings. The number of benzene rings is 1. The fraction of sp³-hybridized carbons (Fsp3) is 0.423. The molecule has 2 amide bonds. The summed E-state index contributed by atoms with van der Waals surface area (Å²) in [4.78, 5) is 36.3. The van der Waals surface area contributed by atoms with Crippen molar-refractivity contribution in [1.82, 2.24) is 19.7 Å². The lowest BCUT2D eigenvalue weighted by atomic mass is 10.1. The molecular weight excluding hydrogens is 501 g/mol. The Morgan fingerprint density at radius 2 is 2.03 bits per heavy atom. The number of piperazine rings is 1. The molecule has 0 unspecified atom stereocenters. The molecule has 0 radical (unpaired) electrons. The molecule has 1 aromatic carbocycles. The number of rotatable bonds is 4. The van der Waals surface area contributed by atoms with Crippen molar-refractivity contribution < 1.29 is 23.8 Å². The van der Waals surface area contributed by atoms with Crippen molar-refractivity contribution in [3.05, 3.63) is 47.3 Å². The third-order valence-corrected chi connectivity index (χ3v) is 8.22. The van der Waals surface area contributed by atoms with Crippen molar-refractivity contribution in [3.63, 3.8) is 0 Å². The van der Waals surface area contributed by atoms with Crippen molar-refractivity contribution in [1.29, 1.82) is 0 Å². The molecule has 9 nitrogen and oxygen atoms in total. The van der Waals surface area contributed by atoms with Gasteiger partial charge in [0.15, 0.2) is 5.75 Å². The summed E-state index contributed by atoms with van der Waals surface area (Å²) in [6, 6.07) is 3.67. The molecule has 4 atom stereocenters. The molecule has 1 saturated carbocycles. The van der Waals surface area contributed by atoms with Gasteiger partial charge in [0.1, 0.15) is 40.3 Å². The summed E-state index contributed by atoms with van der Waals surface area (Å²) in [6.45, 7) is 6.49. The van der Waals surface area contributed by atoms with Gasteiger partial charge in [0, 0.05) is 38.8 Å². The standard InChI is InChI=1S/C26H27ClFN5O4/c1-3-18(35)32-7-8-33-13(9-32)12-37-24-20(26(33)36)25(29-22-14-10-31(2)11-15(14)22)30-23(21(24)27)19-16(28)5-4-6-17(19)34/h3-6,13-15,22,34H,1,7-12H2,2H3,(H,29,30)/t13-,14-,15+,22+/m1/s1. The average Bonchev–Trinajstić information content (AvgIpc) is 3.38. The number of ether oxygens (including phenoxy) is 1. The number of nitrogens with zero attached hydrogens (tertiary/aromatic N) is 4. The van der Waals surface area contributed by atoms with Crippen LogP contribution in [0.25, 0.3) is 11.3 Å². The molecule has 2 saturated heterocycles. The van der Waals surface area contributed by atoms with Crippen LogP contribution in [0, 0.1) is 17.7 Å². The first-order valence-corrected chi connectivity index (χ1v) is 12.7. The third-order valence-electron chi connectivity index (χ3n) is 7.87. The Bertz CT molecular complexity index is 1290. The van der Waals surface area contributed by atoms with Crippen LogP contribution in [0.15, 0.2) is 30.9 Å². The number of amides is 2. The molecule has 4 heterocycles. The highest BCUT2D eigenvalue weighted by Gasteiger charge is 2.55. The lowest BCUT2D eigenvalue weighted by molar-refractivity contribution is -0.128. The van der Waals surface area contributed by atoms with Crippen LogP contribution < -0.4 is 10.1 Å². The summed E-state index contributed by atoms with van der Waals surface area (Å²) in [5, 5.41) is 13.8. The van der Waals surface area contributed by atoms with Gasteiger partial charge in [0.2, 0.25) is 5.91 Å². The molecule has 3 fully saturated rings. The van der Waals surface area contributed by atoms with Gasteiger partial charge in [-0.25, -0.2) is 9.37 Å². The summed E-state index contributed by atoms with van der Waals surface area (Å²) < 4.78 is 21.0. The van der Waals surface area contributed by atoms with Crippen molar-refractivity contribution in [2.45, 2.75) is 12.1 Å². The van der Waals surface area contributed by atoms with Crippen LogP contribution in [-0.4, -0.2) is 95.1 Å². The van der Waals surface area contributed by atoms with Crippen LogP contribution in [-0.2, 0) is 4.79 Å². The molecule has 0 bridgehead atoms. The smallest absolute Gasteiger partial charge is 0.261 e. The predicted octanol–water partition coefficient (Wildman–Crippen LogP) is 2.45. The Morgan fingerprint density at radius 3 is 2.73 bits per heavy atom. The van der Waals surface area contributed by atoms with Crippen molar-refractivity contribution in [2.24, 2.45) is 11.8 Å². The first-order valence-electron chi connectivity index (χ1n) is 12.3. The lowest BCUT2D eigenvalue weighted by Gasteiger charge is -2.39. The number of anilines is 1. The van der Waals surface area contributed by atoms with E-state index in [1.54, 1.807) is 9.80 Å². The van der Waals surface area contributed by atoms with Crippen LogP contribution in [0.5, 0.6) is 11.5 Å². The lowest BCUT2D eigenvalue weighted by Crippen LogP contribution is -2.57. The van der Waals surface area contributed by atoms with Crippen LogP contribution in [0.4, 0.5) is 10.2 Å². The highest BCUT2D eigenvalue weighted by atomic mass is 35.5. The van der Waals surface area contributed by atoms with Crippen LogP contribution in [0.2, 0.25) is 5.02 Å². The van der Waals surface area contributed by atoms with Crippen LogP contribution in [0.1, 0.15) is 10.4 Å². The van der Waals surface area contributed by atoms with Crippen molar-refractivity contribution in [2.75, 3.05) is 51.7 Å². The van der Waals surface area contributed by atoms with E-state index in [-0.39, 0.29) is 63.6 Å². The van der Waals surface area contributed by atoms with Crippen molar-refractivity contribution >= 4 is 29.2 Å². The van der Waals surface area contributed by atoms with E-state index in [1.807, 2.05) is 0 Å². The van der Waals surface area contributed by atoms with E-state index in [0.717, 1.165) is 13.1 Å². The zero-order chi connectivity index (χ0) is 26.0. The summed E-state index contributed by atoms with van der Waals surface area (Å²) in [5.41, 5.74) is 0.0290. The number of carbonyl (C=O) groups is 2. The van der Waals surface area contributed by atoms with E-state index in [9.17, 15) is 19.1 Å². The highest BCUT2D eigenvalue weighted by molar-refractivity contribution is 6.35. The number of carbonyl (C=O) groups excluding carboxylic acids is 2. The van der Waals surface area contributed by atoms with Gasteiger partial charge in [0.25, 0.3) is 5.91 Å². The molecule has 1 aromatic heterocycles. The highest BCUT2D eigenvalue weighted by Crippen LogP contribution is 2.49. The van der Waals surface area contributed by atoms with Gasteiger partial charge >= 0.3 is 0 Å². The number of piperidine rings is 1. The Morgan fingerprint density at radius 1 is 1.27 bits per heavy atom. The number of nitrogens with one attached hydrogen (secondary N) is 1. The number of fused-ring (bicyclic) bond motifs is 3. The molecule has 11 heteroatoms. The van der Waals surface area contributed by atoms with E-state index in [1.165, 1.54) is 24.3 Å². The van der Waals surface area contributed by atoms with E-state index < -0.39 is 11.9 Å². The number of phenols is 1. The van der Waals surface area contributed by atoms with Gasteiger partial charge in [-0.15, -0.1) is 0 Å². The summed E-state index contributed by atoms with van der Waals surface area (Å²) in [5.74, 6) is -0.332. The van der Waals surface area contributed by atoms with E-state index >= 15 is 0 Å². The van der Waals surface area contributed by atoms with Gasteiger partial charge in [-0.3, -0.25) is 9.59 Å². The number of likely N-dealkylation sites (tertiary alicyclic amines) is 1. The second kappa shape index (κ2) is 8.88. The summed E-state index contributed by atoms with van der Waals surface area (Å²) in [7, 11) is 2.07. The monoisotopic (exact) mass is 527 g/mol. The second-order valence-electron chi connectivity index (χ2n) is 10.1. The number of pyridine rings is 1. The molecule has 2 N–H and O–H groups in total. The van der Waals surface area contributed by atoms with Crippen LogP contribution in [0.3, 0.4) is 0 Å². The topological polar surface area (TPSA) is 98.2 Å². The summed E-state index contributed by atoms with van der Waals surface area (Å²) in [6.07, 6.45) is 1.25. The van der Waals surface area contributed by atoms with Gasteiger partial charge in [-0.05, 0) is 37.1 Å². The molecular formula is C26H27ClFN5O4. The fourth-order valence-electron chi connectivity index (χ4n) is 5.92. The first-order chi connectivity index (χ1) is 17.8. The normalized spacial score (nSPS) is 26.5. The molecule has 37 heavy (non-hydrogen) atoms.